The van der Waals surface area contributed by atoms with E-state index >= 15 is 0 Å². The van der Waals surface area contributed by atoms with Crippen LogP contribution >= 0.6 is 0 Å². The van der Waals surface area contributed by atoms with Crippen molar-refractivity contribution in [3.05, 3.63) is 60.1 Å². The normalized spacial score (nSPS) is 16.7. The molecule has 2 N–H and O–H groups in total. The summed E-state index contributed by atoms with van der Waals surface area (Å²) in [5.41, 5.74) is 7.32. The maximum Gasteiger partial charge on any atom is 0.117 e. The van der Waals surface area contributed by atoms with Crippen molar-refractivity contribution >= 4 is 0 Å². The molecule has 1 unspecified atom stereocenters. The summed E-state index contributed by atoms with van der Waals surface area (Å²) in [5, 5.41) is 0. The monoisotopic (exact) mass is 256 g/mol. The molecule has 3 rings (SSSR count). The minimum Gasteiger partial charge on any atom is -0.468 e. The fraction of sp³-hybridized carbons (Fsp3) is 0.375. The van der Waals surface area contributed by atoms with Gasteiger partial charge in [-0.15, -0.1) is 0 Å². The molecule has 1 heterocycles. The Morgan fingerprint density at radius 1 is 1.16 bits per heavy atom. The predicted molar refractivity (Wildman–Crippen MR) is 75.5 cm³/mol. The lowest BCUT2D eigenvalue weighted by molar-refractivity contribution is 0.168. The van der Waals surface area contributed by atoms with Gasteiger partial charge in [0.25, 0.3) is 0 Å². The van der Waals surface area contributed by atoms with Gasteiger partial charge in [-0.2, -0.15) is 0 Å². The number of hydrogen-bond acceptors (Lipinski definition) is 3. The van der Waals surface area contributed by atoms with Crippen molar-refractivity contribution in [2.24, 2.45) is 5.73 Å². The van der Waals surface area contributed by atoms with Crippen LogP contribution in [0.4, 0.5) is 0 Å². The molecule has 2 aromatic rings. The molecule has 100 valence electrons. The number of furan rings is 1. The SMILES string of the molecule is NCC(c1ccccc1)N(Cc1ccco1)C1CC1. The Hall–Kier alpha value is -1.58. The van der Waals surface area contributed by atoms with Crippen LogP contribution in [0.15, 0.2) is 53.1 Å². The van der Waals surface area contributed by atoms with Crippen molar-refractivity contribution in [2.45, 2.75) is 31.5 Å². The van der Waals surface area contributed by atoms with Crippen LogP contribution in [0.3, 0.4) is 0 Å². The largest absolute Gasteiger partial charge is 0.468 e. The van der Waals surface area contributed by atoms with Crippen LogP contribution in [0.5, 0.6) is 0 Å². The lowest BCUT2D eigenvalue weighted by atomic mass is 10.0. The Kier molecular flexibility index (Phi) is 3.67. The summed E-state index contributed by atoms with van der Waals surface area (Å²) >= 11 is 0. The van der Waals surface area contributed by atoms with E-state index in [2.05, 4.69) is 29.2 Å². The van der Waals surface area contributed by atoms with Gasteiger partial charge in [-0.05, 0) is 30.5 Å². The summed E-state index contributed by atoms with van der Waals surface area (Å²) in [4.78, 5) is 2.48. The second kappa shape index (κ2) is 5.59. The minimum atomic E-state index is 0.277. The molecule has 19 heavy (non-hydrogen) atoms. The summed E-state index contributed by atoms with van der Waals surface area (Å²) < 4.78 is 5.49. The molecule has 0 bridgehead atoms. The number of benzene rings is 1. The lowest BCUT2D eigenvalue weighted by Crippen LogP contribution is -2.35. The van der Waals surface area contributed by atoms with E-state index in [4.69, 9.17) is 10.2 Å². The second-order valence-electron chi connectivity index (χ2n) is 5.15. The van der Waals surface area contributed by atoms with E-state index in [0.29, 0.717) is 12.6 Å². The molecular formula is C16H20N2O. The van der Waals surface area contributed by atoms with E-state index in [0.717, 1.165) is 12.3 Å². The summed E-state index contributed by atoms with van der Waals surface area (Å²) in [6, 6.07) is 15.4. The Morgan fingerprint density at radius 2 is 1.95 bits per heavy atom. The zero-order chi connectivity index (χ0) is 13.1. The van der Waals surface area contributed by atoms with Crippen molar-refractivity contribution in [2.75, 3.05) is 6.54 Å². The summed E-state index contributed by atoms with van der Waals surface area (Å²) in [5.74, 6) is 1.02. The molecule has 0 radical (unpaired) electrons. The van der Waals surface area contributed by atoms with E-state index in [-0.39, 0.29) is 6.04 Å². The van der Waals surface area contributed by atoms with Gasteiger partial charge in [0.1, 0.15) is 5.76 Å². The number of nitrogens with zero attached hydrogens (tertiary/aromatic N) is 1. The average Bonchev–Trinajstić information content (AvgIpc) is 3.17. The van der Waals surface area contributed by atoms with Gasteiger partial charge in [0, 0.05) is 18.6 Å². The third-order valence-corrected chi connectivity index (χ3v) is 3.74. The fourth-order valence-electron chi connectivity index (χ4n) is 2.62. The predicted octanol–water partition coefficient (Wildman–Crippen LogP) is 2.94. The second-order valence-corrected chi connectivity index (χ2v) is 5.15. The van der Waals surface area contributed by atoms with Crippen LogP contribution in [0.1, 0.15) is 30.2 Å². The Morgan fingerprint density at radius 3 is 2.53 bits per heavy atom. The topological polar surface area (TPSA) is 42.4 Å². The number of nitrogens with two attached hydrogens (primary N) is 1. The molecule has 3 nitrogen and oxygen atoms in total. The van der Waals surface area contributed by atoms with Gasteiger partial charge >= 0.3 is 0 Å². The minimum absolute atomic E-state index is 0.277. The molecule has 0 aliphatic heterocycles. The van der Waals surface area contributed by atoms with E-state index < -0.39 is 0 Å². The first-order valence-electron chi connectivity index (χ1n) is 6.91. The highest BCUT2D eigenvalue weighted by Crippen LogP contribution is 2.35. The van der Waals surface area contributed by atoms with Crippen molar-refractivity contribution < 1.29 is 4.42 Å². The number of hydrogen-bond donors (Lipinski definition) is 1. The van der Waals surface area contributed by atoms with Crippen LogP contribution < -0.4 is 5.73 Å². The quantitative estimate of drug-likeness (QED) is 0.864. The van der Waals surface area contributed by atoms with Crippen molar-refractivity contribution in [1.29, 1.82) is 0 Å². The number of rotatable bonds is 6. The van der Waals surface area contributed by atoms with E-state index in [1.54, 1.807) is 6.26 Å². The Bertz CT molecular complexity index is 491. The molecule has 3 heteroatoms. The third-order valence-electron chi connectivity index (χ3n) is 3.74. The van der Waals surface area contributed by atoms with Crippen LogP contribution in [-0.2, 0) is 6.54 Å². The molecule has 1 atom stereocenters. The highest BCUT2D eigenvalue weighted by Gasteiger charge is 2.34. The lowest BCUT2D eigenvalue weighted by Gasteiger charge is -2.30. The molecule has 1 aliphatic carbocycles. The van der Waals surface area contributed by atoms with E-state index in [1.165, 1.54) is 18.4 Å². The van der Waals surface area contributed by atoms with Gasteiger partial charge in [-0.1, -0.05) is 30.3 Å². The first-order chi connectivity index (χ1) is 9.38. The highest BCUT2D eigenvalue weighted by atomic mass is 16.3. The van der Waals surface area contributed by atoms with Crippen molar-refractivity contribution in [3.63, 3.8) is 0 Å². The fourth-order valence-corrected chi connectivity index (χ4v) is 2.62. The maximum absolute atomic E-state index is 6.03. The van der Waals surface area contributed by atoms with E-state index in [9.17, 15) is 0 Å². The molecule has 1 aromatic heterocycles. The molecular weight excluding hydrogens is 236 g/mol. The first-order valence-corrected chi connectivity index (χ1v) is 6.91. The van der Waals surface area contributed by atoms with Gasteiger partial charge in [-0.25, -0.2) is 0 Å². The Balaban J connectivity index is 1.81. The molecule has 1 saturated carbocycles. The zero-order valence-corrected chi connectivity index (χ0v) is 11.0. The van der Waals surface area contributed by atoms with Crippen LogP contribution in [0, 0.1) is 0 Å². The standard InChI is InChI=1S/C16H20N2O/c17-11-16(13-5-2-1-3-6-13)18(14-8-9-14)12-15-7-4-10-19-15/h1-7,10,14,16H,8-9,11-12,17H2. The molecule has 0 amide bonds. The Labute approximate surface area is 114 Å². The highest BCUT2D eigenvalue weighted by molar-refractivity contribution is 5.20. The molecule has 0 spiro atoms. The van der Waals surface area contributed by atoms with Gasteiger partial charge in [0.2, 0.25) is 0 Å². The smallest absolute Gasteiger partial charge is 0.117 e. The maximum atomic E-state index is 6.03. The van der Waals surface area contributed by atoms with Crippen molar-refractivity contribution in [1.82, 2.24) is 4.90 Å². The van der Waals surface area contributed by atoms with Crippen LogP contribution in [0.2, 0.25) is 0 Å². The van der Waals surface area contributed by atoms with Gasteiger partial charge in [0.05, 0.1) is 12.8 Å². The molecule has 1 fully saturated rings. The van der Waals surface area contributed by atoms with Crippen molar-refractivity contribution in [3.8, 4) is 0 Å². The van der Waals surface area contributed by atoms with Gasteiger partial charge in [0.15, 0.2) is 0 Å². The van der Waals surface area contributed by atoms with Crippen LogP contribution in [0.25, 0.3) is 0 Å². The zero-order valence-electron chi connectivity index (χ0n) is 11.0. The molecule has 0 saturated heterocycles. The summed E-state index contributed by atoms with van der Waals surface area (Å²) in [7, 11) is 0. The summed E-state index contributed by atoms with van der Waals surface area (Å²) in [6.07, 6.45) is 4.27. The molecule has 1 aromatic carbocycles. The summed E-state index contributed by atoms with van der Waals surface area (Å²) in [6.45, 7) is 1.48. The molecule has 1 aliphatic rings. The van der Waals surface area contributed by atoms with E-state index in [1.807, 2.05) is 18.2 Å². The van der Waals surface area contributed by atoms with Crippen LogP contribution in [-0.4, -0.2) is 17.5 Å². The third kappa shape index (κ3) is 2.88. The van der Waals surface area contributed by atoms with Gasteiger partial charge < -0.3 is 10.2 Å². The van der Waals surface area contributed by atoms with Gasteiger partial charge in [-0.3, -0.25) is 4.90 Å². The first kappa shape index (κ1) is 12.5. The average molecular weight is 256 g/mol.